The number of aromatic carboxylic acids is 1. The monoisotopic (exact) mass is 254 g/mol. The van der Waals surface area contributed by atoms with E-state index >= 15 is 0 Å². The zero-order valence-corrected chi connectivity index (χ0v) is 10.1. The second-order valence-electron chi connectivity index (χ2n) is 3.27. The van der Waals surface area contributed by atoms with Gasteiger partial charge in [-0.1, -0.05) is 0 Å². The predicted molar refractivity (Wildman–Crippen MR) is 65.4 cm³/mol. The van der Waals surface area contributed by atoms with Gasteiger partial charge in [-0.15, -0.1) is 11.3 Å². The average molecular weight is 254 g/mol. The molecule has 0 spiro atoms. The molecule has 1 atom stereocenters. The Labute approximate surface area is 101 Å². The van der Waals surface area contributed by atoms with Gasteiger partial charge in [0, 0.05) is 5.38 Å². The number of carboxylic acid groups (broad SMARTS) is 1. The molecular formula is C10H10N2O2S2. The summed E-state index contributed by atoms with van der Waals surface area (Å²) in [5.74, 6) is -0.993. The van der Waals surface area contributed by atoms with E-state index in [0.29, 0.717) is 5.13 Å². The molecule has 0 fully saturated rings. The van der Waals surface area contributed by atoms with Crippen molar-refractivity contribution in [2.45, 2.75) is 13.0 Å². The third kappa shape index (κ3) is 2.40. The van der Waals surface area contributed by atoms with Crippen molar-refractivity contribution in [3.8, 4) is 0 Å². The first-order chi connectivity index (χ1) is 7.66. The molecular weight excluding hydrogens is 244 g/mol. The Bertz CT molecular complexity index is 479. The van der Waals surface area contributed by atoms with Crippen LogP contribution in [0.1, 0.15) is 29.0 Å². The number of carboxylic acids is 1. The molecule has 6 heteroatoms. The third-order valence-corrected chi connectivity index (χ3v) is 3.58. The normalized spacial score (nSPS) is 12.3. The molecule has 0 aliphatic rings. The van der Waals surface area contributed by atoms with Crippen LogP contribution in [-0.4, -0.2) is 16.1 Å². The molecule has 0 aliphatic carbocycles. The lowest BCUT2D eigenvalue weighted by Gasteiger charge is -2.10. The summed E-state index contributed by atoms with van der Waals surface area (Å²) in [4.78, 5) is 14.6. The minimum atomic E-state index is -0.993. The Morgan fingerprint density at radius 3 is 2.94 bits per heavy atom. The molecule has 0 aliphatic heterocycles. The number of nitrogens with one attached hydrogen (secondary N) is 1. The summed E-state index contributed by atoms with van der Waals surface area (Å²) in [6, 6.07) is 2.17. The predicted octanol–water partition coefficient (Wildman–Crippen LogP) is 3.08. The van der Waals surface area contributed by atoms with E-state index < -0.39 is 5.97 Å². The van der Waals surface area contributed by atoms with Crippen LogP contribution in [-0.2, 0) is 0 Å². The topological polar surface area (TPSA) is 62.2 Å². The van der Waals surface area contributed by atoms with Crippen LogP contribution in [0.5, 0.6) is 0 Å². The van der Waals surface area contributed by atoms with Gasteiger partial charge in [-0.05, 0) is 29.3 Å². The number of nitrogens with zero attached hydrogens (tertiary/aromatic N) is 1. The molecule has 2 heterocycles. The number of anilines is 1. The fourth-order valence-corrected chi connectivity index (χ4v) is 2.75. The second-order valence-corrected chi connectivity index (χ2v) is 4.90. The highest BCUT2D eigenvalue weighted by Gasteiger charge is 2.11. The van der Waals surface area contributed by atoms with Crippen molar-refractivity contribution in [2.24, 2.45) is 0 Å². The molecule has 0 amide bonds. The average Bonchev–Trinajstić information content (AvgIpc) is 2.87. The lowest BCUT2D eigenvalue weighted by Crippen LogP contribution is -2.05. The van der Waals surface area contributed by atoms with Crippen LogP contribution in [0, 0.1) is 0 Å². The van der Waals surface area contributed by atoms with Crippen LogP contribution >= 0.6 is 22.7 Å². The highest BCUT2D eigenvalue weighted by molar-refractivity contribution is 7.13. The summed E-state index contributed by atoms with van der Waals surface area (Å²) >= 11 is 2.94. The lowest BCUT2D eigenvalue weighted by atomic mass is 10.2. The smallest absolute Gasteiger partial charge is 0.355 e. The zero-order valence-electron chi connectivity index (χ0n) is 8.51. The first-order valence-corrected chi connectivity index (χ1v) is 6.46. The second kappa shape index (κ2) is 4.63. The van der Waals surface area contributed by atoms with Gasteiger partial charge >= 0.3 is 5.97 Å². The molecule has 0 saturated carbocycles. The molecule has 0 bridgehead atoms. The maximum atomic E-state index is 10.6. The van der Waals surface area contributed by atoms with E-state index in [1.807, 2.05) is 18.4 Å². The van der Waals surface area contributed by atoms with Crippen LogP contribution in [0.4, 0.5) is 5.13 Å². The van der Waals surface area contributed by atoms with Gasteiger partial charge in [-0.2, -0.15) is 11.3 Å². The van der Waals surface area contributed by atoms with Crippen molar-refractivity contribution in [1.82, 2.24) is 4.98 Å². The van der Waals surface area contributed by atoms with E-state index in [9.17, 15) is 4.79 Å². The quantitative estimate of drug-likeness (QED) is 0.880. The van der Waals surface area contributed by atoms with Crippen molar-refractivity contribution < 1.29 is 9.90 Å². The Kier molecular flexibility index (Phi) is 3.21. The SMILES string of the molecule is CC(Nc1nc(C(=O)O)cs1)c1ccsc1. The van der Waals surface area contributed by atoms with Crippen LogP contribution in [0.2, 0.25) is 0 Å². The number of hydrogen-bond donors (Lipinski definition) is 2. The van der Waals surface area contributed by atoms with Gasteiger partial charge in [-0.3, -0.25) is 0 Å². The van der Waals surface area contributed by atoms with Crippen molar-refractivity contribution in [2.75, 3.05) is 5.32 Å². The number of carbonyl (C=O) groups is 1. The summed E-state index contributed by atoms with van der Waals surface area (Å²) in [6.07, 6.45) is 0. The fraction of sp³-hybridized carbons (Fsp3) is 0.200. The van der Waals surface area contributed by atoms with Crippen molar-refractivity contribution >= 4 is 33.8 Å². The molecule has 0 aromatic carbocycles. The van der Waals surface area contributed by atoms with Crippen LogP contribution in [0.25, 0.3) is 0 Å². The summed E-state index contributed by atoms with van der Waals surface area (Å²) in [7, 11) is 0. The van der Waals surface area contributed by atoms with E-state index in [2.05, 4.69) is 15.7 Å². The van der Waals surface area contributed by atoms with Gasteiger partial charge < -0.3 is 10.4 Å². The molecule has 0 saturated heterocycles. The van der Waals surface area contributed by atoms with Crippen LogP contribution in [0.3, 0.4) is 0 Å². The molecule has 1 unspecified atom stereocenters. The number of hydrogen-bond acceptors (Lipinski definition) is 5. The molecule has 2 aromatic rings. The molecule has 4 nitrogen and oxygen atoms in total. The summed E-state index contributed by atoms with van der Waals surface area (Å²) in [6.45, 7) is 2.02. The molecule has 2 rings (SSSR count). The Morgan fingerprint density at radius 1 is 1.56 bits per heavy atom. The standard InChI is InChI=1S/C10H10N2O2S2/c1-6(7-2-3-15-4-7)11-10-12-8(5-16-10)9(13)14/h2-6H,1H3,(H,11,12)(H,13,14). The first-order valence-electron chi connectivity index (χ1n) is 4.64. The van der Waals surface area contributed by atoms with Gasteiger partial charge in [0.05, 0.1) is 6.04 Å². The van der Waals surface area contributed by atoms with Crippen LogP contribution in [0.15, 0.2) is 22.2 Å². The van der Waals surface area contributed by atoms with E-state index in [1.54, 1.807) is 11.3 Å². The van der Waals surface area contributed by atoms with Crippen molar-refractivity contribution in [3.63, 3.8) is 0 Å². The van der Waals surface area contributed by atoms with Gasteiger partial charge in [0.1, 0.15) is 0 Å². The molecule has 2 N–H and O–H groups in total. The number of aromatic nitrogens is 1. The van der Waals surface area contributed by atoms with E-state index in [-0.39, 0.29) is 11.7 Å². The highest BCUT2D eigenvalue weighted by Crippen LogP contribution is 2.23. The molecule has 2 aromatic heterocycles. The summed E-state index contributed by atoms with van der Waals surface area (Å²) in [5, 5.41) is 18.1. The highest BCUT2D eigenvalue weighted by atomic mass is 32.1. The van der Waals surface area contributed by atoms with E-state index in [0.717, 1.165) is 0 Å². The van der Waals surface area contributed by atoms with Crippen molar-refractivity contribution in [1.29, 1.82) is 0 Å². The van der Waals surface area contributed by atoms with E-state index in [1.165, 1.54) is 22.3 Å². The number of thiazole rings is 1. The molecule has 16 heavy (non-hydrogen) atoms. The number of thiophene rings is 1. The number of rotatable bonds is 4. The molecule has 0 radical (unpaired) electrons. The maximum Gasteiger partial charge on any atom is 0.355 e. The Hall–Kier alpha value is -1.40. The fourth-order valence-electron chi connectivity index (χ4n) is 1.23. The van der Waals surface area contributed by atoms with Crippen molar-refractivity contribution in [3.05, 3.63) is 33.5 Å². The minimum absolute atomic E-state index is 0.0880. The Morgan fingerprint density at radius 2 is 2.38 bits per heavy atom. The zero-order chi connectivity index (χ0) is 11.5. The van der Waals surface area contributed by atoms with Gasteiger partial charge in [0.15, 0.2) is 10.8 Å². The van der Waals surface area contributed by atoms with Gasteiger partial charge in [-0.25, -0.2) is 9.78 Å². The summed E-state index contributed by atoms with van der Waals surface area (Å²) in [5.41, 5.74) is 1.27. The Balaban J connectivity index is 2.06. The van der Waals surface area contributed by atoms with Crippen LogP contribution < -0.4 is 5.32 Å². The first kappa shape index (κ1) is 11.1. The van der Waals surface area contributed by atoms with Gasteiger partial charge in [0.2, 0.25) is 0 Å². The maximum absolute atomic E-state index is 10.6. The van der Waals surface area contributed by atoms with E-state index in [4.69, 9.17) is 5.11 Å². The third-order valence-electron chi connectivity index (χ3n) is 2.11. The summed E-state index contributed by atoms with van der Waals surface area (Å²) < 4.78 is 0. The van der Waals surface area contributed by atoms with Gasteiger partial charge in [0.25, 0.3) is 0 Å². The minimum Gasteiger partial charge on any atom is -0.476 e. The largest absolute Gasteiger partial charge is 0.476 e. The lowest BCUT2D eigenvalue weighted by molar-refractivity contribution is 0.0691. The molecule has 84 valence electrons.